The Morgan fingerprint density at radius 3 is 2.72 bits per heavy atom. The molecule has 130 valence electrons. The summed E-state index contributed by atoms with van der Waals surface area (Å²) in [7, 11) is 1.78. The summed E-state index contributed by atoms with van der Waals surface area (Å²) in [6.45, 7) is 5.07. The molecule has 0 spiro atoms. The number of hydrogen-bond donors (Lipinski definition) is 0. The van der Waals surface area contributed by atoms with Crippen LogP contribution in [-0.2, 0) is 13.1 Å². The van der Waals surface area contributed by atoms with Crippen LogP contribution in [-0.4, -0.2) is 27.6 Å². The van der Waals surface area contributed by atoms with Gasteiger partial charge in [0.25, 0.3) is 5.91 Å². The number of hydrogen-bond acceptors (Lipinski definition) is 3. The van der Waals surface area contributed by atoms with Crippen molar-refractivity contribution in [3.8, 4) is 0 Å². The second-order valence-electron chi connectivity index (χ2n) is 6.07. The van der Waals surface area contributed by atoms with E-state index >= 15 is 0 Å². The highest BCUT2D eigenvalue weighted by atomic mass is 35.5. The Hall–Kier alpha value is -2.53. The lowest BCUT2D eigenvalue weighted by Crippen LogP contribution is -2.26. The fourth-order valence-electron chi connectivity index (χ4n) is 2.82. The second kappa shape index (κ2) is 7.15. The van der Waals surface area contributed by atoms with E-state index in [4.69, 9.17) is 16.0 Å². The number of amides is 1. The molecule has 0 fully saturated rings. The van der Waals surface area contributed by atoms with Crippen molar-refractivity contribution in [3.05, 3.63) is 76.0 Å². The first-order valence-electron chi connectivity index (χ1n) is 8.01. The van der Waals surface area contributed by atoms with Gasteiger partial charge in [0.1, 0.15) is 6.26 Å². The van der Waals surface area contributed by atoms with Crippen molar-refractivity contribution in [3.63, 3.8) is 0 Å². The Morgan fingerprint density at radius 2 is 2.04 bits per heavy atom. The number of aryl methyl sites for hydroxylation is 1. The molecule has 3 rings (SSSR count). The van der Waals surface area contributed by atoms with E-state index in [1.165, 1.54) is 12.5 Å². The van der Waals surface area contributed by atoms with Gasteiger partial charge < -0.3 is 9.32 Å². The number of benzene rings is 1. The molecule has 3 aromatic rings. The fourth-order valence-corrected chi connectivity index (χ4v) is 3.02. The number of nitrogens with zero attached hydrogens (tertiary/aromatic N) is 3. The van der Waals surface area contributed by atoms with Gasteiger partial charge in [0, 0.05) is 29.9 Å². The molecule has 25 heavy (non-hydrogen) atoms. The van der Waals surface area contributed by atoms with E-state index < -0.39 is 0 Å². The first-order chi connectivity index (χ1) is 12.0. The van der Waals surface area contributed by atoms with Gasteiger partial charge in [0.2, 0.25) is 0 Å². The van der Waals surface area contributed by atoms with Crippen LogP contribution in [0, 0.1) is 13.8 Å². The van der Waals surface area contributed by atoms with Crippen molar-refractivity contribution in [1.29, 1.82) is 0 Å². The zero-order valence-corrected chi connectivity index (χ0v) is 15.2. The van der Waals surface area contributed by atoms with Crippen LogP contribution >= 0.6 is 11.6 Å². The topological polar surface area (TPSA) is 51.3 Å². The molecule has 0 atom stereocenters. The molecule has 2 heterocycles. The average Bonchev–Trinajstić information content (AvgIpc) is 3.21. The number of carbonyl (C=O) groups is 1. The molecule has 1 aromatic carbocycles. The van der Waals surface area contributed by atoms with Gasteiger partial charge in [-0.25, -0.2) is 0 Å². The highest BCUT2D eigenvalue weighted by Crippen LogP contribution is 2.20. The van der Waals surface area contributed by atoms with Gasteiger partial charge >= 0.3 is 0 Å². The summed E-state index contributed by atoms with van der Waals surface area (Å²) in [5.74, 6) is -0.0774. The van der Waals surface area contributed by atoms with Crippen LogP contribution in [0.2, 0.25) is 5.02 Å². The van der Waals surface area contributed by atoms with Crippen molar-refractivity contribution in [2.75, 3.05) is 7.05 Å². The number of furan rings is 1. The lowest BCUT2D eigenvalue weighted by atomic mass is 10.1. The summed E-state index contributed by atoms with van der Waals surface area (Å²) in [4.78, 5) is 14.1. The second-order valence-corrected chi connectivity index (χ2v) is 6.48. The summed E-state index contributed by atoms with van der Waals surface area (Å²) in [5.41, 5.74) is 4.55. The van der Waals surface area contributed by atoms with Gasteiger partial charge in [-0.2, -0.15) is 5.10 Å². The third-order valence-electron chi connectivity index (χ3n) is 4.32. The average molecular weight is 358 g/mol. The van der Waals surface area contributed by atoms with Crippen molar-refractivity contribution < 1.29 is 9.21 Å². The molecule has 0 unspecified atom stereocenters. The molecule has 0 bridgehead atoms. The minimum Gasteiger partial charge on any atom is -0.472 e. The zero-order valence-electron chi connectivity index (χ0n) is 14.5. The van der Waals surface area contributed by atoms with E-state index in [0.717, 1.165) is 27.5 Å². The molecule has 0 aliphatic heterocycles. The number of aromatic nitrogens is 2. The van der Waals surface area contributed by atoms with Crippen molar-refractivity contribution in [2.24, 2.45) is 0 Å². The van der Waals surface area contributed by atoms with Crippen LogP contribution in [0.4, 0.5) is 0 Å². The molecule has 0 aliphatic rings. The first-order valence-corrected chi connectivity index (χ1v) is 8.39. The van der Waals surface area contributed by atoms with Crippen molar-refractivity contribution in [1.82, 2.24) is 14.7 Å². The van der Waals surface area contributed by atoms with Crippen LogP contribution in [0.15, 0.2) is 47.3 Å². The summed E-state index contributed by atoms with van der Waals surface area (Å²) in [5, 5.41) is 5.35. The van der Waals surface area contributed by atoms with E-state index in [9.17, 15) is 4.79 Å². The third kappa shape index (κ3) is 3.61. The Labute approximate surface area is 151 Å². The van der Waals surface area contributed by atoms with Gasteiger partial charge in [-0.1, -0.05) is 29.8 Å². The van der Waals surface area contributed by atoms with Crippen molar-refractivity contribution >= 4 is 17.5 Å². The maximum atomic E-state index is 12.4. The van der Waals surface area contributed by atoms with Crippen LogP contribution < -0.4 is 0 Å². The Morgan fingerprint density at radius 1 is 1.28 bits per heavy atom. The van der Waals surface area contributed by atoms with Crippen molar-refractivity contribution in [2.45, 2.75) is 26.9 Å². The monoisotopic (exact) mass is 357 g/mol. The maximum Gasteiger partial charge on any atom is 0.257 e. The van der Waals surface area contributed by atoms with Crippen LogP contribution in [0.25, 0.3) is 0 Å². The van der Waals surface area contributed by atoms with E-state index in [0.29, 0.717) is 18.7 Å². The highest BCUT2D eigenvalue weighted by molar-refractivity contribution is 6.31. The summed E-state index contributed by atoms with van der Waals surface area (Å²) >= 11 is 6.25. The highest BCUT2D eigenvalue weighted by Gasteiger charge is 2.18. The molecule has 0 saturated heterocycles. The van der Waals surface area contributed by atoms with Gasteiger partial charge in [-0.15, -0.1) is 0 Å². The molecular weight excluding hydrogens is 338 g/mol. The molecule has 5 nitrogen and oxygen atoms in total. The number of carbonyl (C=O) groups excluding carboxylic acids is 1. The molecule has 2 aromatic heterocycles. The van der Waals surface area contributed by atoms with Crippen LogP contribution in [0.1, 0.15) is 32.9 Å². The predicted octanol–water partition coefficient (Wildman–Crippen LogP) is 4.07. The number of rotatable bonds is 5. The Bertz CT molecular complexity index is 884. The van der Waals surface area contributed by atoms with Crippen LogP contribution in [0.3, 0.4) is 0 Å². The third-order valence-corrected chi connectivity index (χ3v) is 4.69. The largest absolute Gasteiger partial charge is 0.472 e. The Balaban J connectivity index is 1.80. The Kier molecular flexibility index (Phi) is 4.95. The molecule has 0 N–H and O–H groups in total. The van der Waals surface area contributed by atoms with Gasteiger partial charge in [0.15, 0.2) is 0 Å². The molecular formula is C19H20ClN3O2. The van der Waals surface area contributed by atoms with Gasteiger partial charge in [-0.3, -0.25) is 9.48 Å². The predicted molar refractivity (Wildman–Crippen MR) is 96.8 cm³/mol. The summed E-state index contributed by atoms with van der Waals surface area (Å²) in [6.07, 6.45) is 2.96. The minimum atomic E-state index is -0.0774. The smallest absolute Gasteiger partial charge is 0.257 e. The van der Waals surface area contributed by atoms with E-state index in [-0.39, 0.29) is 5.91 Å². The number of halogens is 1. The SMILES string of the molecule is Cc1nn(Cc2ccccc2Cl)c(C)c1CN(C)C(=O)c1ccoc1. The lowest BCUT2D eigenvalue weighted by molar-refractivity contribution is 0.0784. The van der Waals surface area contributed by atoms with Gasteiger partial charge in [-0.05, 0) is 31.5 Å². The van der Waals surface area contributed by atoms with E-state index in [2.05, 4.69) is 5.10 Å². The van der Waals surface area contributed by atoms with Gasteiger partial charge in [0.05, 0.1) is 24.1 Å². The lowest BCUT2D eigenvalue weighted by Gasteiger charge is -2.16. The zero-order chi connectivity index (χ0) is 18.0. The molecule has 0 saturated carbocycles. The molecule has 0 radical (unpaired) electrons. The molecule has 6 heteroatoms. The van der Waals surface area contributed by atoms with Crippen LogP contribution in [0.5, 0.6) is 0 Å². The maximum absolute atomic E-state index is 12.4. The van der Waals surface area contributed by atoms with E-state index in [1.54, 1.807) is 18.0 Å². The quantitative estimate of drug-likeness (QED) is 0.691. The first kappa shape index (κ1) is 17.3. The molecule has 0 aliphatic carbocycles. The summed E-state index contributed by atoms with van der Waals surface area (Å²) < 4.78 is 6.92. The normalized spacial score (nSPS) is 10.9. The standard InChI is InChI=1S/C19H20ClN3O2/c1-13-17(11-22(3)19(24)16-8-9-25-12-16)14(2)23(21-13)10-15-6-4-5-7-18(15)20/h4-9,12H,10-11H2,1-3H3. The minimum absolute atomic E-state index is 0.0774. The van der Waals surface area contributed by atoms with E-state index in [1.807, 2.05) is 42.8 Å². The molecule has 1 amide bonds. The summed E-state index contributed by atoms with van der Waals surface area (Å²) in [6, 6.07) is 9.41. The fraction of sp³-hybridized carbons (Fsp3) is 0.263.